The zero-order valence-corrected chi connectivity index (χ0v) is 9.72. The van der Waals surface area contributed by atoms with E-state index in [0.717, 1.165) is 0 Å². The molecule has 0 aromatic heterocycles. The zero-order chi connectivity index (χ0) is 13.1. The number of carbonyl (C=O) groups excluding carboxylic acids is 2. The molecule has 0 atom stereocenters. The third-order valence-electron chi connectivity index (χ3n) is 2.78. The summed E-state index contributed by atoms with van der Waals surface area (Å²) in [5.74, 6) is -1.35. The minimum absolute atomic E-state index is 0.0629. The molecular formula is C12H14N2O4. The summed E-state index contributed by atoms with van der Waals surface area (Å²) >= 11 is 0. The lowest BCUT2D eigenvalue weighted by Gasteiger charge is -2.19. The standard InChI is InChI=1S/C12H14N2O4/c15-8-3-1-4-9(16)11(8)12(18)14-6-2-5-13-10(17)7-14/h1,3-4,15-16H,2,5-7H2,(H,13,17). The molecule has 0 radical (unpaired) electrons. The van der Waals surface area contributed by atoms with Crippen LogP contribution in [0.5, 0.6) is 11.5 Å². The molecule has 0 aliphatic carbocycles. The molecule has 0 unspecified atom stereocenters. The van der Waals surface area contributed by atoms with Crippen LogP contribution in [0.1, 0.15) is 16.8 Å². The van der Waals surface area contributed by atoms with Gasteiger partial charge < -0.3 is 20.4 Å². The average molecular weight is 250 g/mol. The molecule has 1 aliphatic heterocycles. The van der Waals surface area contributed by atoms with Gasteiger partial charge in [0.05, 0.1) is 6.54 Å². The van der Waals surface area contributed by atoms with Gasteiger partial charge in [0.25, 0.3) is 5.91 Å². The first-order chi connectivity index (χ1) is 8.59. The van der Waals surface area contributed by atoms with Crippen LogP contribution in [0, 0.1) is 0 Å². The summed E-state index contributed by atoms with van der Waals surface area (Å²) in [5.41, 5.74) is -0.160. The van der Waals surface area contributed by atoms with Crippen molar-refractivity contribution in [1.29, 1.82) is 0 Å². The number of benzene rings is 1. The van der Waals surface area contributed by atoms with E-state index in [2.05, 4.69) is 5.32 Å². The molecule has 18 heavy (non-hydrogen) atoms. The Hall–Kier alpha value is -2.24. The lowest BCUT2D eigenvalue weighted by Crippen LogP contribution is -2.37. The normalized spacial score (nSPS) is 16.0. The molecule has 0 spiro atoms. The number of nitrogens with zero attached hydrogens (tertiary/aromatic N) is 1. The molecule has 1 aliphatic rings. The lowest BCUT2D eigenvalue weighted by atomic mass is 10.1. The zero-order valence-electron chi connectivity index (χ0n) is 9.72. The van der Waals surface area contributed by atoms with Crippen LogP contribution in [-0.4, -0.2) is 46.6 Å². The molecule has 1 aromatic carbocycles. The van der Waals surface area contributed by atoms with Crippen LogP contribution in [0.3, 0.4) is 0 Å². The summed E-state index contributed by atoms with van der Waals surface area (Å²) < 4.78 is 0. The third kappa shape index (κ3) is 2.37. The van der Waals surface area contributed by atoms with Gasteiger partial charge in [-0.05, 0) is 18.6 Å². The van der Waals surface area contributed by atoms with Crippen molar-refractivity contribution in [2.24, 2.45) is 0 Å². The number of phenolic OH excluding ortho intramolecular Hbond substituents is 2. The number of amides is 2. The maximum absolute atomic E-state index is 12.2. The number of rotatable bonds is 1. The van der Waals surface area contributed by atoms with E-state index in [9.17, 15) is 19.8 Å². The highest BCUT2D eigenvalue weighted by molar-refractivity contribution is 6.01. The summed E-state index contributed by atoms with van der Waals surface area (Å²) in [7, 11) is 0. The van der Waals surface area contributed by atoms with Gasteiger partial charge in [-0.2, -0.15) is 0 Å². The van der Waals surface area contributed by atoms with E-state index in [4.69, 9.17) is 0 Å². The number of nitrogens with one attached hydrogen (secondary N) is 1. The predicted octanol–water partition coefficient (Wildman–Crippen LogP) is 0.0599. The summed E-state index contributed by atoms with van der Waals surface area (Å²) in [5, 5.41) is 21.9. The van der Waals surface area contributed by atoms with Crippen LogP contribution in [0.15, 0.2) is 18.2 Å². The maximum atomic E-state index is 12.2. The Morgan fingerprint density at radius 2 is 1.94 bits per heavy atom. The van der Waals surface area contributed by atoms with E-state index in [-0.39, 0.29) is 29.5 Å². The van der Waals surface area contributed by atoms with Crippen molar-refractivity contribution in [2.75, 3.05) is 19.6 Å². The fraction of sp³-hybridized carbons (Fsp3) is 0.333. The summed E-state index contributed by atoms with van der Waals surface area (Å²) in [4.78, 5) is 24.9. The van der Waals surface area contributed by atoms with Gasteiger partial charge in [0, 0.05) is 13.1 Å². The molecule has 2 rings (SSSR count). The second-order valence-electron chi connectivity index (χ2n) is 4.10. The fourth-order valence-corrected chi connectivity index (χ4v) is 1.88. The van der Waals surface area contributed by atoms with Crippen LogP contribution in [-0.2, 0) is 4.79 Å². The van der Waals surface area contributed by atoms with E-state index >= 15 is 0 Å². The Balaban J connectivity index is 2.27. The number of phenols is 2. The Morgan fingerprint density at radius 3 is 2.61 bits per heavy atom. The first-order valence-electron chi connectivity index (χ1n) is 5.66. The molecule has 2 amide bonds. The second-order valence-corrected chi connectivity index (χ2v) is 4.10. The monoisotopic (exact) mass is 250 g/mol. The first kappa shape index (κ1) is 12.2. The second kappa shape index (κ2) is 4.95. The van der Waals surface area contributed by atoms with E-state index < -0.39 is 5.91 Å². The highest BCUT2D eigenvalue weighted by Gasteiger charge is 2.25. The van der Waals surface area contributed by atoms with Crippen LogP contribution in [0.4, 0.5) is 0 Å². The molecule has 1 saturated heterocycles. The first-order valence-corrected chi connectivity index (χ1v) is 5.66. The number of aromatic hydroxyl groups is 2. The Morgan fingerprint density at radius 1 is 1.28 bits per heavy atom. The molecule has 1 fully saturated rings. The fourth-order valence-electron chi connectivity index (χ4n) is 1.88. The minimum Gasteiger partial charge on any atom is -0.507 e. The van der Waals surface area contributed by atoms with Crippen molar-refractivity contribution >= 4 is 11.8 Å². The van der Waals surface area contributed by atoms with Crippen molar-refractivity contribution in [3.63, 3.8) is 0 Å². The molecule has 6 heteroatoms. The molecule has 96 valence electrons. The summed E-state index contributed by atoms with van der Waals surface area (Å²) in [6, 6.07) is 4.09. The Kier molecular flexibility index (Phi) is 3.36. The molecule has 3 N–H and O–H groups in total. The quantitative estimate of drug-likeness (QED) is 0.657. The highest BCUT2D eigenvalue weighted by Crippen LogP contribution is 2.27. The molecule has 1 heterocycles. The third-order valence-corrected chi connectivity index (χ3v) is 2.78. The summed E-state index contributed by atoms with van der Waals surface area (Å²) in [6.45, 7) is 0.868. The molecule has 0 saturated carbocycles. The lowest BCUT2D eigenvalue weighted by molar-refractivity contribution is -0.121. The van der Waals surface area contributed by atoms with E-state index in [1.807, 2.05) is 0 Å². The van der Waals surface area contributed by atoms with Crippen molar-refractivity contribution in [2.45, 2.75) is 6.42 Å². The number of hydrogen-bond donors (Lipinski definition) is 3. The minimum atomic E-state index is -0.539. The topological polar surface area (TPSA) is 89.9 Å². The Labute approximate surface area is 104 Å². The van der Waals surface area contributed by atoms with Crippen LogP contribution < -0.4 is 5.32 Å². The van der Waals surface area contributed by atoms with Gasteiger partial charge in [0.2, 0.25) is 5.91 Å². The SMILES string of the molecule is O=C1CN(C(=O)c2c(O)cccc2O)CCCN1. The number of hydrogen-bond acceptors (Lipinski definition) is 4. The predicted molar refractivity (Wildman–Crippen MR) is 63.3 cm³/mol. The maximum Gasteiger partial charge on any atom is 0.261 e. The molecule has 0 bridgehead atoms. The Bertz CT molecular complexity index is 467. The highest BCUT2D eigenvalue weighted by atomic mass is 16.3. The van der Waals surface area contributed by atoms with Gasteiger partial charge in [0.1, 0.15) is 17.1 Å². The number of carbonyl (C=O) groups is 2. The summed E-state index contributed by atoms with van der Waals surface area (Å²) in [6.07, 6.45) is 0.645. The van der Waals surface area contributed by atoms with Crippen LogP contribution in [0.2, 0.25) is 0 Å². The van der Waals surface area contributed by atoms with Gasteiger partial charge in [-0.3, -0.25) is 9.59 Å². The van der Waals surface area contributed by atoms with E-state index in [1.165, 1.54) is 23.1 Å². The largest absolute Gasteiger partial charge is 0.507 e. The molecule has 6 nitrogen and oxygen atoms in total. The molecule has 1 aromatic rings. The van der Waals surface area contributed by atoms with Crippen LogP contribution >= 0.6 is 0 Å². The van der Waals surface area contributed by atoms with Gasteiger partial charge in [-0.15, -0.1) is 0 Å². The van der Waals surface area contributed by atoms with E-state index in [0.29, 0.717) is 19.5 Å². The average Bonchev–Trinajstić information content (AvgIpc) is 2.53. The van der Waals surface area contributed by atoms with Crippen molar-refractivity contribution in [1.82, 2.24) is 10.2 Å². The van der Waals surface area contributed by atoms with Crippen molar-refractivity contribution in [3.05, 3.63) is 23.8 Å². The smallest absolute Gasteiger partial charge is 0.261 e. The van der Waals surface area contributed by atoms with Crippen molar-refractivity contribution < 1.29 is 19.8 Å². The van der Waals surface area contributed by atoms with Crippen LogP contribution in [0.25, 0.3) is 0 Å². The van der Waals surface area contributed by atoms with E-state index in [1.54, 1.807) is 0 Å². The van der Waals surface area contributed by atoms with Gasteiger partial charge in [-0.25, -0.2) is 0 Å². The van der Waals surface area contributed by atoms with Gasteiger partial charge >= 0.3 is 0 Å². The van der Waals surface area contributed by atoms with Gasteiger partial charge in [-0.1, -0.05) is 6.07 Å². The van der Waals surface area contributed by atoms with Gasteiger partial charge in [0.15, 0.2) is 0 Å². The molecular weight excluding hydrogens is 236 g/mol. The van der Waals surface area contributed by atoms with Crippen molar-refractivity contribution in [3.8, 4) is 11.5 Å².